The number of rotatable bonds is 5. The molecule has 26 heavy (non-hydrogen) atoms. The number of carbonyl (C=O) groups excluding carboxylic acids is 1. The summed E-state index contributed by atoms with van der Waals surface area (Å²) in [5, 5.41) is 7.81. The predicted molar refractivity (Wildman–Crippen MR) is 103 cm³/mol. The number of halogens is 2. The number of benzene rings is 2. The van der Waals surface area contributed by atoms with Crippen molar-refractivity contribution < 1.29 is 4.79 Å². The van der Waals surface area contributed by atoms with Crippen molar-refractivity contribution in [3.05, 3.63) is 86.6 Å². The van der Waals surface area contributed by atoms with Gasteiger partial charge in [-0.3, -0.25) is 9.59 Å². The smallest absolute Gasteiger partial charge is 0.266 e. The minimum atomic E-state index is -0.334. The van der Waals surface area contributed by atoms with E-state index in [1.165, 1.54) is 16.8 Å². The number of hydrogen-bond donors (Lipinski definition) is 1. The average molecular weight is 388 g/mol. The summed E-state index contributed by atoms with van der Waals surface area (Å²) in [5.41, 5.74) is 1.70. The molecule has 1 aromatic heterocycles. The van der Waals surface area contributed by atoms with Crippen LogP contribution in [0.3, 0.4) is 0 Å². The fourth-order valence-corrected chi connectivity index (χ4v) is 2.91. The highest BCUT2D eigenvalue weighted by Crippen LogP contribution is 2.20. The minimum absolute atomic E-state index is 0.233. The van der Waals surface area contributed by atoms with Crippen LogP contribution in [0.2, 0.25) is 10.0 Å². The summed E-state index contributed by atoms with van der Waals surface area (Å²) in [4.78, 5) is 24.2. The first kappa shape index (κ1) is 18.2. The summed E-state index contributed by atoms with van der Waals surface area (Å²) < 4.78 is 1.33. The first-order valence-corrected chi connectivity index (χ1v) is 8.67. The molecule has 1 amide bonds. The molecule has 0 spiro atoms. The summed E-state index contributed by atoms with van der Waals surface area (Å²) in [5.74, 6) is -0.334. The van der Waals surface area contributed by atoms with Crippen molar-refractivity contribution in [2.24, 2.45) is 0 Å². The molecule has 0 saturated carbocycles. The van der Waals surface area contributed by atoms with Gasteiger partial charge in [-0.2, -0.15) is 5.10 Å². The lowest BCUT2D eigenvalue weighted by Gasteiger charge is -2.09. The second kappa shape index (κ2) is 8.17. The molecule has 0 bridgehead atoms. The van der Waals surface area contributed by atoms with Crippen molar-refractivity contribution in [1.82, 2.24) is 15.1 Å². The van der Waals surface area contributed by atoms with Crippen LogP contribution in [0.1, 0.15) is 10.4 Å². The van der Waals surface area contributed by atoms with Gasteiger partial charge in [0.15, 0.2) is 0 Å². The molecule has 5 nitrogen and oxygen atoms in total. The van der Waals surface area contributed by atoms with E-state index in [1.54, 1.807) is 18.2 Å². The molecule has 1 heterocycles. The van der Waals surface area contributed by atoms with E-state index in [-0.39, 0.29) is 29.6 Å². The molecule has 7 heteroatoms. The number of aromatic nitrogens is 2. The largest absolute Gasteiger partial charge is 0.350 e. The van der Waals surface area contributed by atoms with Gasteiger partial charge in [-0.25, -0.2) is 4.68 Å². The quantitative estimate of drug-likeness (QED) is 0.726. The van der Waals surface area contributed by atoms with Crippen LogP contribution >= 0.6 is 23.2 Å². The molecular weight excluding hydrogens is 373 g/mol. The molecule has 0 unspecified atom stereocenters. The highest BCUT2D eigenvalue weighted by Gasteiger charge is 2.10. The van der Waals surface area contributed by atoms with Crippen LogP contribution in [0.15, 0.2) is 65.5 Å². The van der Waals surface area contributed by atoms with Gasteiger partial charge in [0.2, 0.25) is 0 Å². The molecular formula is C19H15Cl2N3O2. The van der Waals surface area contributed by atoms with Crippen molar-refractivity contribution in [3.8, 4) is 11.3 Å². The maximum absolute atomic E-state index is 12.2. The number of hydrogen-bond acceptors (Lipinski definition) is 3. The summed E-state index contributed by atoms with van der Waals surface area (Å²) >= 11 is 11.8. The van der Waals surface area contributed by atoms with Gasteiger partial charge in [-0.05, 0) is 24.3 Å². The first-order valence-electron chi connectivity index (χ1n) is 7.91. The zero-order valence-electron chi connectivity index (χ0n) is 13.7. The molecule has 3 rings (SSSR count). The molecule has 0 atom stereocenters. The van der Waals surface area contributed by atoms with Crippen LogP contribution in [-0.2, 0) is 6.54 Å². The summed E-state index contributed by atoms with van der Waals surface area (Å²) in [6, 6.07) is 17.4. The highest BCUT2D eigenvalue weighted by atomic mass is 35.5. The Hall–Kier alpha value is -2.63. The second-order valence-corrected chi connectivity index (χ2v) is 6.37. The third-order valence-electron chi connectivity index (χ3n) is 3.72. The van der Waals surface area contributed by atoms with Gasteiger partial charge >= 0.3 is 0 Å². The van der Waals surface area contributed by atoms with Gasteiger partial charge in [0.1, 0.15) is 0 Å². The molecule has 0 radical (unpaired) electrons. The highest BCUT2D eigenvalue weighted by molar-refractivity contribution is 6.36. The van der Waals surface area contributed by atoms with Gasteiger partial charge in [0.25, 0.3) is 11.5 Å². The van der Waals surface area contributed by atoms with Gasteiger partial charge in [0, 0.05) is 23.2 Å². The summed E-state index contributed by atoms with van der Waals surface area (Å²) in [6.45, 7) is 0.486. The lowest BCUT2D eigenvalue weighted by molar-refractivity contribution is 0.0952. The minimum Gasteiger partial charge on any atom is -0.350 e. The van der Waals surface area contributed by atoms with Crippen LogP contribution < -0.4 is 10.9 Å². The van der Waals surface area contributed by atoms with Gasteiger partial charge in [-0.1, -0.05) is 53.5 Å². The van der Waals surface area contributed by atoms with Crippen LogP contribution in [0.4, 0.5) is 0 Å². The van der Waals surface area contributed by atoms with Gasteiger partial charge < -0.3 is 5.32 Å². The fourth-order valence-electron chi connectivity index (χ4n) is 2.42. The van der Waals surface area contributed by atoms with Crippen molar-refractivity contribution in [2.75, 3.05) is 6.54 Å². The Balaban J connectivity index is 1.68. The second-order valence-electron chi connectivity index (χ2n) is 5.53. The Morgan fingerprint density at radius 1 is 1.04 bits per heavy atom. The third kappa shape index (κ3) is 4.31. The van der Waals surface area contributed by atoms with Gasteiger partial charge in [-0.15, -0.1) is 0 Å². The maximum Gasteiger partial charge on any atom is 0.266 e. The lowest BCUT2D eigenvalue weighted by atomic mass is 10.1. The average Bonchev–Trinajstić information content (AvgIpc) is 2.64. The van der Waals surface area contributed by atoms with Crippen LogP contribution in [0.5, 0.6) is 0 Å². The Bertz CT molecular complexity index is 988. The summed E-state index contributed by atoms with van der Waals surface area (Å²) in [6.07, 6.45) is 0. The van der Waals surface area contributed by atoms with E-state index in [1.807, 2.05) is 30.3 Å². The first-order chi connectivity index (χ1) is 12.5. The standard InChI is InChI=1S/C19H15Cl2N3O2/c20-14-6-7-15(16(21)12-14)19(26)22-10-11-24-18(25)9-8-17(23-24)13-4-2-1-3-5-13/h1-9,12H,10-11H2,(H,22,26). The maximum atomic E-state index is 12.2. The molecule has 0 aliphatic carbocycles. The molecule has 1 N–H and O–H groups in total. The van der Waals surface area contributed by atoms with Crippen LogP contribution in [0.25, 0.3) is 11.3 Å². The van der Waals surface area contributed by atoms with Crippen molar-refractivity contribution in [1.29, 1.82) is 0 Å². The molecule has 0 saturated heterocycles. The molecule has 0 fully saturated rings. The Kier molecular flexibility index (Phi) is 5.71. The Labute approximate surface area is 160 Å². The number of carbonyl (C=O) groups is 1. The number of nitrogens with one attached hydrogen (secondary N) is 1. The third-order valence-corrected chi connectivity index (χ3v) is 4.27. The van der Waals surface area contributed by atoms with E-state index >= 15 is 0 Å². The topological polar surface area (TPSA) is 64.0 Å². The number of amides is 1. The SMILES string of the molecule is O=C(NCCn1nc(-c2ccccc2)ccc1=O)c1ccc(Cl)cc1Cl. The van der Waals surface area contributed by atoms with E-state index in [0.29, 0.717) is 16.3 Å². The lowest BCUT2D eigenvalue weighted by Crippen LogP contribution is -2.32. The van der Waals surface area contributed by atoms with E-state index < -0.39 is 0 Å². The van der Waals surface area contributed by atoms with E-state index in [4.69, 9.17) is 23.2 Å². The summed E-state index contributed by atoms with van der Waals surface area (Å²) in [7, 11) is 0. The normalized spacial score (nSPS) is 10.5. The molecule has 3 aromatic rings. The van der Waals surface area contributed by atoms with Crippen molar-refractivity contribution in [3.63, 3.8) is 0 Å². The fraction of sp³-hybridized carbons (Fsp3) is 0.105. The van der Waals surface area contributed by atoms with Gasteiger partial charge in [0.05, 0.1) is 22.8 Å². The Morgan fingerprint density at radius 3 is 2.54 bits per heavy atom. The van der Waals surface area contributed by atoms with Crippen molar-refractivity contribution >= 4 is 29.1 Å². The monoisotopic (exact) mass is 387 g/mol. The predicted octanol–water partition coefficient (Wildman–Crippen LogP) is 3.65. The molecule has 132 valence electrons. The molecule has 0 aliphatic heterocycles. The van der Waals surface area contributed by atoms with Crippen LogP contribution in [-0.4, -0.2) is 22.2 Å². The zero-order valence-corrected chi connectivity index (χ0v) is 15.2. The van der Waals surface area contributed by atoms with E-state index in [0.717, 1.165) is 5.56 Å². The molecule has 2 aromatic carbocycles. The Morgan fingerprint density at radius 2 is 1.81 bits per heavy atom. The van der Waals surface area contributed by atoms with E-state index in [9.17, 15) is 9.59 Å². The zero-order chi connectivity index (χ0) is 18.5. The van der Waals surface area contributed by atoms with Crippen LogP contribution in [0, 0.1) is 0 Å². The van der Waals surface area contributed by atoms with Crippen molar-refractivity contribution in [2.45, 2.75) is 6.54 Å². The number of nitrogens with zero attached hydrogens (tertiary/aromatic N) is 2. The molecule has 0 aliphatic rings. The van der Waals surface area contributed by atoms with E-state index in [2.05, 4.69) is 10.4 Å².